The normalized spacial score (nSPS) is 12.6. The molecule has 5 heteroatoms. The first-order chi connectivity index (χ1) is 10.7. The van der Waals surface area contributed by atoms with Crippen LogP contribution in [0.2, 0.25) is 0 Å². The third kappa shape index (κ3) is 6.82. The molecular weight excluding hydrogens is 292 g/mol. The third-order valence-electron chi connectivity index (χ3n) is 3.47. The van der Waals surface area contributed by atoms with Crippen molar-refractivity contribution in [3.63, 3.8) is 0 Å². The van der Waals surface area contributed by atoms with E-state index in [1.807, 2.05) is 52.0 Å². The first-order valence-electron chi connectivity index (χ1n) is 8.02. The van der Waals surface area contributed by atoms with E-state index >= 15 is 0 Å². The number of carbonyl (C=O) groups is 2. The minimum Gasteiger partial charge on any atom is -0.492 e. The summed E-state index contributed by atoms with van der Waals surface area (Å²) in [6.07, 6.45) is 0.991. The van der Waals surface area contributed by atoms with Crippen LogP contribution in [0.1, 0.15) is 39.7 Å². The van der Waals surface area contributed by atoms with E-state index in [0.29, 0.717) is 26.0 Å². The molecule has 1 rings (SSSR count). The summed E-state index contributed by atoms with van der Waals surface area (Å²) in [4.78, 5) is 23.2. The second-order valence-electron chi connectivity index (χ2n) is 6.62. The van der Waals surface area contributed by atoms with Crippen LogP contribution >= 0.6 is 0 Å². The van der Waals surface area contributed by atoms with E-state index in [-0.39, 0.29) is 11.7 Å². The van der Waals surface area contributed by atoms with Crippen LogP contribution in [0.15, 0.2) is 24.3 Å². The van der Waals surface area contributed by atoms with Gasteiger partial charge < -0.3 is 15.8 Å². The second kappa shape index (κ2) is 8.67. The van der Waals surface area contributed by atoms with Crippen molar-refractivity contribution in [3.8, 4) is 5.75 Å². The maximum Gasteiger partial charge on any atom is 0.219 e. The minimum atomic E-state index is -0.494. The molecule has 0 saturated carbocycles. The number of nitrogens with one attached hydrogen (secondary N) is 1. The smallest absolute Gasteiger partial charge is 0.219 e. The first-order valence-corrected chi connectivity index (χ1v) is 8.02. The molecule has 128 valence electrons. The minimum absolute atomic E-state index is 0.0152. The van der Waals surface area contributed by atoms with Crippen molar-refractivity contribution in [2.24, 2.45) is 11.1 Å². The van der Waals surface area contributed by atoms with Crippen LogP contribution in [0.3, 0.4) is 0 Å². The molecule has 0 aromatic heterocycles. The van der Waals surface area contributed by atoms with Crippen molar-refractivity contribution in [1.29, 1.82) is 0 Å². The average molecular weight is 320 g/mol. The lowest BCUT2D eigenvalue weighted by molar-refractivity contribution is -0.127. The van der Waals surface area contributed by atoms with Crippen LogP contribution in [-0.2, 0) is 16.0 Å². The highest BCUT2D eigenvalue weighted by molar-refractivity contribution is 5.88. The van der Waals surface area contributed by atoms with Crippen LogP contribution in [0.25, 0.3) is 0 Å². The number of hydrogen-bond donors (Lipinski definition) is 2. The van der Waals surface area contributed by atoms with E-state index < -0.39 is 11.5 Å². The number of ketones is 1. The van der Waals surface area contributed by atoms with Crippen LogP contribution in [0.4, 0.5) is 0 Å². The zero-order valence-corrected chi connectivity index (χ0v) is 14.5. The molecule has 5 nitrogen and oxygen atoms in total. The molecule has 3 N–H and O–H groups in total. The molecule has 0 aliphatic rings. The molecule has 0 fully saturated rings. The molecule has 1 aromatic carbocycles. The fourth-order valence-electron chi connectivity index (χ4n) is 2.11. The summed E-state index contributed by atoms with van der Waals surface area (Å²) >= 11 is 0. The van der Waals surface area contributed by atoms with E-state index in [9.17, 15) is 9.59 Å². The Morgan fingerprint density at radius 2 is 1.83 bits per heavy atom. The number of rotatable bonds is 8. The molecule has 1 amide bonds. The summed E-state index contributed by atoms with van der Waals surface area (Å²) in [7, 11) is 0. The van der Waals surface area contributed by atoms with Crippen molar-refractivity contribution < 1.29 is 14.3 Å². The highest BCUT2D eigenvalue weighted by Gasteiger charge is 2.26. The van der Waals surface area contributed by atoms with Crippen molar-refractivity contribution in [2.75, 3.05) is 13.2 Å². The monoisotopic (exact) mass is 320 g/mol. The maximum atomic E-state index is 12.1. The van der Waals surface area contributed by atoms with Gasteiger partial charge in [0.25, 0.3) is 0 Å². The molecule has 1 atom stereocenters. The van der Waals surface area contributed by atoms with Gasteiger partial charge in [0.05, 0.1) is 12.6 Å². The van der Waals surface area contributed by atoms with Crippen LogP contribution < -0.4 is 15.8 Å². The number of amides is 1. The van der Waals surface area contributed by atoms with E-state index in [1.54, 1.807) is 0 Å². The number of ether oxygens (including phenoxy) is 1. The standard InChI is InChI=1S/C18H28N2O3/c1-5-16(21)20-10-11-23-14-8-6-13(7-9-14)12-15(19)17(22)18(2,3)4/h6-9,15H,5,10-12,19H2,1-4H3,(H,20,21). The Kier molecular flexibility index (Phi) is 7.23. The van der Waals surface area contributed by atoms with Gasteiger partial charge in [0.1, 0.15) is 12.4 Å². The Bertz CT molecular complexity index is 518. The SMILES string of the molecule is CCC(=O)NCCOc1ccc(CC(N)C(=O)C(C)(C)C)cc1. The Morgan fingerprint density at radius 1 is 1.22 bits per heavy atom. The van der Waals surface area contributed by atoms with Crippen LogP contribution in [0.5, 0.6) is 5.75 Å². The lowest BCUT2D eigenvalue weighted by Crippen LogP contribution is -2.40. The summed E-state index contributed by atoms with van der Waals surface area (Å²) < 4.78 is 5.55. The predicted molar refractivity (Wildman–Crippen MR) is 91.4 cm³/mol. The summed E-state index contributed by atoms with van der Waals surface area (Å²) in [5.41, 5.74) is 6.57. The molecule has 0 radical (unpaired) electrons. The van der Waals surface area contributed by atoms with E-state index in [0.717, 1.165) is 11.3 Å². The number of carbonyl (C=O) groups excluding carboxylic acids is 2. The summed E-state index contributed by atoms with van der Waals surface area (Å²) in [5, 5.41) is 2.75. The van der Waals surface area contributed by atoms with Crippen molar-refractivity contribution in [2.45, 2.75) is 46.6 Å². The number of hydrogen-bond acceptors (Lipinski definition) is 4. The summed E-state index contributed by atoms with van der Waals surface area (Å²) in [6.45, 7) is 8.35. The number of Topliss-reactive ketones (excluding diaryl/α,β-unsaturated/α-hetero) is 1. The molecule has 1 aromatic rings. The predicted octanol–water partition coefficient (Wildman–Crippen LogP) is 2.08. The van der Waals surface area contributed by atoms with Crippen molar-refractivity contribution in [3.05, 3.63) is 29.8 Å². The lowest BCUT2D eigenvalue weighted by atomic mass is 9.85. The first kappa shape index (κ1) is 19.2. The Balaban J connectivity index is 2.44. The van der Waals surface area contributed by atoms with Crippen molar-refractivity contribution >= 4 is 11.7 Å². The number of benzene rings is 1. The zero-order chi connectivity index (χ0) is 17.5. The quantitative estimate of drug-likeness (QED) is 0.719. The van der Waals surface area contributed by atoms with Gasteiger partial charge in [0.15, 0.2) is 5.78 Å². The van der Waals surface area contributed by atoms with Gasteiger partial charge >= 0.3 is 0 Å². The van der Waals surface area contributed by atoms with Gasteiger partial charge in [0.2, 0.25) is 5.91 Å². The molecule has 0 spiro atoms. The molecule has 0 aliphatic heterocycles. The topological polar surface area (TPSA) is 81.4 Å². The van der Waals surface area contributed by atoms with E-state index in [1.165, 1.54) is 0 Å². The zero-order valence-electron chi connectivity index (χ0n) is 14.5. The lowest BCUT2D eigenvalue weighted by Gasteiger charge is -2.21. The fourth-order valence-corrected chi connectivity index (χ4v) is 2.11. The molecule has 1 unspecified atom stereocenters. The molecule has 0 heterocycles. The largest absolute Gasteiger partial charge is 0.492 e. The molecular formula is C18H28N2O3. The Labute approximate surface area is 138 Å². The maximum absolute atomic E-state index is 12.1. The fraction of sp³-hybridized carbons (Fsp3) is 0.556. The van der Waals surface area contributed by atoms with Gasteiger partial charge in [0, 0.05) is 11.8 Å². The molecule has 0 saturated heterocycles. The van der Waals surface area contributed by atoms with Gasteiger partial charge in [-0.25, -0.2) is 0 Å². The van der Waals surface area contributed by atoms with Crippen LogP contribution in [0, 0.1) is 5.41 Å². The molecule has 0 aliphatic carbocycles. The third-order valence-corrected chi connectivity index (χ3v) is 3.47. The summed E-state index contributed by atoms with van der Waals surface area (Å²) in [5.74, 6) is 0.807. The molecule has 23 heavy (non-hydrogen) atoms. The molecule has 0 bridgehead atoms. The van der Waals surface area contributed by atoms with E-state index in [2.05, 4.69) is 5.32 Å². The summed E-state index contributed by atoms with van der Waals surface area (Å²) in [6, 6.07) is 7.04. The average Bonchev–Trinajstić information content (AvgIpc) is 2.51. The Hall–Kier alpha value is -1.88. The van der Waals surface area contributed by atoms with Gasteiger partial charge in [-0.05, 0) is 24.1 Å². The van der Waals surface area contributed by atoms with E-state index in [4.69, 9.17) is 10.5 Å². The highest BCUT2D eigenvalue weighted by atomic mass is 16.5. The van der Waals surface area contributed by atoms with Gasteiger partial charge in [-0.1, -0.05) is 39.8 Å². The van der Waals surface area contributed by atoms with Crippen molar-refractivity contribution in [1.82, 2.24) is 5.32 Å². The van der Waals surface area contributed by atoms with Gasteiger partial charge in [-0.2, -0.15) is 0 Å². The second-order valence-corrected chi connectivity index (χ2v) is 6.62. The highest BCUT2D eigenvalue weighted by Crippen LogP contribution is 2.19. The van der Waals surface area contributed by atoms with Gasteiger partial charge in [-0.15, -0.1) is 0 Å². The number of nitrogens with two attached hydrogens (primary N) is 1. The van der Waals surface area contributed by atoms with Gasteiger partial charge in [-0.3, -0.25) is 9.59 Å². The van der Waals surface area contributed by atoms with Crippen LogP contribution in [-0.4, -0.2) is 30.9 Å². The Morgan fingerprint density at radius 3 is 2.35 bits per heavy atom.